The number of aromatic nitrogens is 1. The van der Waals surface area contributed by atoms with Crippen LogP contribution in [-0.4, -0.2) is 17.5 Å². The van der Waals surface area contributed by atoms with E-state index in [0.717, 1.165) is 0 Å². The smallest absolute Gasteiger partial charge is 0.373 e. The second kappa shape index (κ2) is 6.35. The Morgan fingerprint density at radius 1 is 1.39 bits per heavy atom. The first-order valence-electron chi connectivity index (χ1n) is 5.29. The van der Waals surface area contributed by atoms with Gasteiger partial charge in [-0.1, -0.05) is 0 Å². The van der Waals surface area contributed by atoms with Crippen LogP contribution < -0.4 is 22.7 Å². The van der Waals surface area contributed by atoms with Crippen LogP contribution in [0.1, 0.15) is 31.1 Å². The zero-order valence-corrected chi connectivity index (χ0v) is 11.4. The van der Waals surface area contributed by atoms with Crippen molar-refractivity contribution in [3.05, 3.63) is 30.1 Å². The molecule has 0 radical (unpaired) electrons. The maximum atomic E-state index is 11.6. The average molecular weight is 273 g/mol. The molecule has 0 fully saturated rings. The predicted molar refractivity (Wildman–Crippen MR) is 61.0 cm³/mol. The topological polar surface area (TPSA) is 73.3 Å². The van der Waals surface area contributed by atoms with Gasteiger partial charge in [-0.15, -0.1) is 0 Å². The van der Waals surface area contributed by atoms with E-state index < -0.39 is 11.5 Å². The molecule has 0 bridgehead atoms. The lowest BCUT2D eigenvalue weighted by Crippen LogP contribution is -3.00. The number of amides is 1. The summed E-state index contributed by atoms with van der Waals surface area (Å²) in [5.74, 6) is -0.882. The van der Waals surface area contributed by atoms with Crippen molar-refractivity contribution < 1.29 is 31.3 Å². The third-order valence-corrected chi connectivity index (χ3v) is 1.87. The minimum Gasteiger partial charge on any atom is -1.00 e. The summed E-state index contributed by atoms with van der Waals surface area (Å²) in [7, 11) is 0. The fourth-order valence-electron chi connectivity index (χ4n) is 1.29. The van der Waals surface area contributed by atoms with Crippen molar-refractivity contribution in [1.82, 2.24) is 0 Å². The van der Waals surface area contributed by atoms with Crippen molar-refractivity contribution in [2.75, 3.05) is 0 Å². The van der Waals surface area contributed by atoms with Crippen LogP contribution in [0.2, 0.25) is 0 Å². The number of nitrogens with zero attached hydrogens (tertiary/aromatic N) is 1. The van der Waals surface area contributed by atoms with E-state index in [4.69, 9.17) is 10.5 Å². The minimum atomic E-state index is -0.525. The Balaban J connectivity index is 0.00000289. The number of pyridine rings is 1. The van der Waals surface area contributed by atoms with Crippen molar-refractivity contribution >= 4 is 11.9 Å². The third kappa shape index (κ3) is 5.63. The molecule has 0 aromatic carbocycles. The Morgan fingerprint density at radius 2 is 2.00 bits per heavy atom. The number of esters is 1. The molecule has 1 aromatic rings. The molecule has 1 rings (SSSR count). The highest BCUT2D eigenvalue weighted by Crippen LogP contribution is 2.06. The maximum Gasteiger partial charge on any atom is 0.373 e. The molecule has 0 saturated carbocycles. The van der Waals surface area contributed by atoms with E-state index >= 15 is 0 Å². The first kappa shape index (κ1) is 16.4. The highest BCUT2D eigenvalue weighted by Gasteiger charge is 2.19. The van der Waals surface area contributed by atoms with Crippen LogP contribution in [0.4, 0.5) is 0 Å². The number of nitrogens with two attached hydrogens (primary N) is 1. The molecule has 0 saturated heterocycles. The zero-order valence-electron chi connectivity index (χ0n) is 10.6. The summed E-state index contributed by atoms with van der Waals surface area (Å²) >= 11 is 0. The highest BCUT2D eigenvalue weighted by atomic mass is 35.5. The van der Waals surface area contributed by atoms with Gasteiger partial charge in [-0.2, -0.15) is 4.57 Å². The van der Waals surface area contributed by atoms with Gasteiger partial charge in [0.15, 0.2) is 12.4 Å². The summed E-state index contributed by atoms with van der Waals surface area (Å²) in [5.41, 5.74) is 4.99. The van der Waals surface area contributed by atoms with Gasteiger partial charge in [0, 0.05) is 6.07 Å². The summed E-state index contributed by atoms with van der Waals surface area (Å²) in [6.07, 6.45) is 3.20. The molecule has 0 spiro atoms. The quantitative estimate of drug-likeness (QED) is 0.485. The molecule has 18 heavy (non-hydrogen) atoms. The van der Waals surface area contributed by atoms with Crippen LogP contribution in [0.5, 0.6) is 0 Å². The fraction of sp³-hybridized carbons (Fsp3) is 0.417. The van der Waals surface area contributed by atoms with Crippen LogP contribution in [0.15, 0.2) is 24.5 Å². The van der Waals surface area contributed by atoms with Gasteiger partial charge in [-0.25, -0.2) is 4.79 Å². The molecule has 1 aromatic heterocycles. The third-order valence-electron chi connectivity index (χ3n) is 1.87. The Hall–Kier alpha value is -1.62. The van der Waals surface area contributed by atoms with Gasteiger partial charge in [-0.3, -0.25) is 4.79 Å². The monoisotopic (exact) mass is 272 g/mol. The Labute approximate surface area is 112 Å². The predicted octanol–water partition coefficient (Wildman–Crippen LogP) is -2.58. The van der Waals surface area contributed by atoms with E-state index in [1.807, 2.05) is 0 Å². The molecule has 2 N–H and O–H groups in total. The molecule has 5 nitrogen and oxygen atoms in total. The lowest BCUT2D eigenvalue weighted by atomic mass is 10.2. The average Bonchev–Trinajstić information content (AvgIpc) is 2.14. The zero-order chi connectivity index (χ0) is 13.1. The molecule has 0 aliphatic rings. The maximum absolute atomic E-state index is 11.6. The van der Waals surface area contributed by atoms with E-state index in [1.165, 1.54) is 6.20 Å². The van der Waals surface area contributed by atoms with Gasteiger partial charge in [-0.05, 0) is 26.8 Å². The molecular formula is C12H17ClN2O3. The SMILES string of the molecule is CC(C)(C)OC(=O)C[n+]1cccc(C(N)=O)c1.[Cl-]. The lowest BCUT2D eigenvalue weighted by molar-refractivity contribution is -0.686. The van der Waals surface area contributed by atoms with E-state index in [1.54, 1.807) is 43.7 Å². The van der Waals surface area contributed by atoms with Crippen molar-refractivity contribution in [2.45, 2.75) is 32.9 Å². The normalized spacial score (nSPS) is 10.4. The number of carbonyl (C=O) groups is 2. The Morgan fingerprint density at radius 3 is 2.50 bits per heavy atom. The Kier molecular flexibility index (Phi) is 5.78. The number of carbonyl (C=O) groups excluding carboxylic acids is 2. The van der Waals surface area contributed by atoms with E-state index in [-0.39, 0.29) is 24.9 Å². The van der Waals surface area contributed by atoms with Gasteiger partial charge in [0.1, 0.15) is 11.2 Å². The molecule has 6 heteroatoms. The molecule has 0 aliphatic heterocycles. The van der Waals surface area contributed by atoms with Gasteiger partial charge >= 0.3 is 5.97 Å². The van der Waals surface area contributed by atoms with Gasteiger partial charge < -0.3 is 22.9 Å². The fourth-order valence-corrected chi connectivity index (χ4v) is 1.29. The highest BCUT2D eigenvalue weighted by molar-refractivity contribution is 5.92. The summed E-state index contributed by atoms with van der Waals surface area (Å²) in [4.78, 5) is 22.5. The summed E-state index contributed by atoms with van der Waals surface area (Å²) in [6, 6.07) is 3.25. The summed E-state index contributed by atoms with van der Waals surface area (Å²) in [5, 5.41) is 0. The van der Waals surface area contributed by atoms with Crippen LogP contribution in [0.3, 0.4) is 0 Å². The minimum absolute atomic E-state index is 0. The Bertz CT molecular complexity index is 441. The standard InChI is InChI=1S/C12H16N2O3.ClH/c1-12(2,3)17-10(15)8-14-6-4-5-9(7-14)11(13)16;/h4-7H,8H2,1-3H3,(H-,13,16);1H. The molecule has 0 aliphatic carbocycles. The largest absolute Gasteiger partial charge is 1.00 e. The second-order valence-electron chi connectivity index (χ2n) is 4.72. The van der Waals surface area contributed by atoms with E-state index in [0.29, 0.717) is 5.56 Å². The van der Waals surface area contributed by atoms with Crippen LogP contribution in [0, 0.1) is 0 Å². The van der Waals surface area contributed by atoms with Gasteiger partial charge in [0.2, 0.25) is 6.54 Å². The number of hydrogen-bond acceptors (Lipinski definition) is 3. The molecular weight excluding hydrogens is 256 g/mol. The van der Waals surface area contributed by atoms with Crippen molar-refractivity contribution in [1.29, 1.82) is 0 Å². The first-order valence-corrected chi connectivity index (χ1v) is 5.29. The summed E-state index contributed by atoms with van der Waals surface area (Å²) < 4.78 is 6.73. The number of rotatable bonds is 3. The number of halogens is 1. The molecule has 0 atom stereocenters. The number of primary amides is 1. The molecule has 100 valence electrons. The van der Waals surface area contributed by atoms with E-state index in [9.17, 15) is 9.59 Å². The molecule has 1 amide bonds. The molecule has 1 heterocycles. The van der Waals surface area contributed by atoms with Gasteiger partial charge in [0.05, 0.1) is 0 Å². The number of ether oxygens (including phenoxy) is 1. The van der Waals surface area contributed by atoms with Crippen molar-refractivity contribution in [2.24, 2.45) is 5.73 Å². The lowest BCUT2D eigenvalue weighted by Gasteiger charge is -2.18. The first-order chi connectivity index (χ1) is 7.78. The number of hydrogen-bond donors (Lipinski definition) is 1. The van der Waals surface area contributed by atoms with Crippen LogP contribution >= 0.6 is 0 Å². The van der Waals surface area contributed by atoms with Crippen molar-refractivity contribution in [3.8, 4) is 0 Å². The van der Waals surface area contributed by atoms with Crippen LogP contribution in [-0.2, 0) is 16.1 Å². The van der Waals surface area contributed by atoms with Gasteiger partial charge in [0.25, 0.3) is 5.91 Å². The second-order valence-corrected chi connectivity index (χ2v) is 4.72. The van der Waals surface area contributed by atoms with E-state index in [2.05, 4.69) is 0 Å². The van der Waals surface area contributed by atoms with Crippen molar-refractivity contribution in [3.63, 3.8) is 0 Å². The summed E-state index contributed by atoms with van der Waals surface area (Å²) in [6.45, 7) is 5.46. The molecule has 0 unspecified atom stereocenters. The van der Waals surface area contributed by atoms with Crippen LogP contribution in [0.25, 0.3) is 0 Å².